The van der Waals surface area contributed by atoms with Crippen LogP contribution < -0.4 is 16.4 Å². The van der Waals surface area contributed by atoms with Gasteiger partial charge < -0.3 is 20.7 Å². The van der Waals surface area contributed by atoms with Crippen LogP contribution in [0.4, 0.5) is 4.79 Å². The molecule has 3 aromatic rings. The summed E-state index contributed by atoms with van der Waals surface area (Å²) in [5, 5.41) is 11.6. The van der Waals surface area contributed by atoms with E-state index in [2.05, 4.69) is 34.3 Å². The van der Waals surface area contributed by atoms with Gasteiger partial charge in [0, 0.05) is 12.5 Å². The highest BCUT2D eigenvalue weighted by Crippen LogP contribution is 2.34. The zero-order valence-corrected chi connectivity index (χ0v) is 22.0. The third-order valence-electron chi connectivity index (χ3n) is 6.68. The number of benzene rings is 2. The third kappa shape index (κ3) is 6.64. The first-order valence-electron chi connectivity index (χ1n) is 12.4. The fraction of sp³-hybridized carbons (Fsp3) is 0.286. The zero-order valence-electron chi connectivity index (χ0n) is 21.2. The van der Waals surface area contributed by atoms with E-state index in [0.29, 0.717) is 24.4 Å². The number of methoxy groups -OCH3 is 1. The number of carbonyl (C=O) groups excluding carboxylic acids is 3. The SMILES string of the molecule is COC(=O)NCC(=O)N1CC(c2ccccc2Cc2ccccc2)C[C@H]1C(=O)[NH2+]Cc1ccc(C(=N)N)s1. The fourth-order valence-corrected chi connectivity index (χ4v) is 5.64. The highest BCUT2D eigenvalue weighted by molar-refractivity contribution is 7.14. The lowest BCUT2D eigenvalue weighted by molar-refractivity contribution is -0.586. The van der Waals surface area contributed by atoms with Crippen LogP contribution in [0.15, 0.2) is 66.7 Å². The van der Waals surface area contributed by atoms with Crippen LogP contribution >= 0.6 is 11.3 Å². The number of carbonyl (C=O) groups is 3. The molecule has 6 N–H and O–H groups in total. The van der Waals surface area contributed by atoms with Crippen molar-refractivity contribution < 1.29 is 24.4 Å². The third-order valence-corrected chi connectivity index (χ3v) is 7.82. The molecule has 10 heteroatoms. The van der Waals surface area contributed by atoms with Crippen molar-refractivity contribution in [2.75, 3.05) is 20.2 Å². The Labute approximate surface area is 225 Å². The molecule has 1 aliphatic rings. The quantitative estimate of drug-likeness (QED) is 0.245. The molecule has 198 valence electrons. The highest BCUT2D eigenvalue weighted by Gasteiger charge is 2.42. The molecule has 38 heavy (non-hydrogen) atoms. The monoisotopic (exact) mass is 534 g/mol. The van der Waals surface area contributed by atoms with E-state index in [1.54, 1.807) is 16.3 Å². The number of nitrogens with one attached hydrogen (secondary N) is 2. The molecule has 2 atom stereocenters. The van der Waals surface area contributed by atoms with Crippen molar-refractivity contribution in [3.63, 3.8) is 0 Å². The summed E-state index contributed by atoms with van der Waals surface area (Å²) in [5.41, 5.74) is 9.03. The number of ether oxygens (including phenoxy) is 1. The second-order valence-electron chi connectivity index (χ2n) is 9.19. The molecule has 2 heterocycles. The van der Waals surface area contributed by atoms with Gasteiger partial charge in [0.15, 0.2) is 0 Å². The van der Waals surface area contributed by atoms with Gasteiger partial charge in [-0.25, -0.2) is 9.59 Å². The first kappa shape index (κ1) is 27.0. The van der Waals surface area contributed by atoms with Crippen molar-refractivity contribution in [2.24, 2.45) is 5.73 Å². The molecule has 1 aromatic heterocycles. The number of hydrogen-bond donors (Lipinski definition) is 4. The molecule has 0 bridgehead atoms. The number of rotatable bonds is 9. The lowest BCUT2D eigenvalue weighted by atomic mass is 9.89. The second kappa shape index (κ2) is 12.5. The normalized spacial score (nSPS) is 16.7. The molecule has 0 spiro atoms. The molecule has 0 aliphatic carbocycles. The predicted molar refractivity (Wildman–Crippen MR) is 145 cm³/mol. The number of thiophene rings is 1. The van der Waals surface area contributed by atoms with Gasteiger partial charge in [0.1, 0.15) is 25.0 Å². The molecule has 9 nitrogen and oxygen atoms in total. The minimum Gasteiger partial charge on any atom is -0.453 e. The van der Waals surface area contributed by atoms with Gasteiger partial charge in [0.25, 0.3) is 0 Å². The summed E-state index contributed by atoms with van der Waals surface area (Å²) >= 11 is 1.37. The Morgan fingerprint density at radius 2 is 1.84 bits per heavy atom. The number of hydrogen-bond acceptors (Lipinski definition) is 6. The van der Waals surface area contributed by atoms with Crippen LogP contribution in [0.25, 0.3) is 0 Å². The number of quaternary nitrogens is 1. The molecule has 1 saturated heterocycles. The van der Waals surface area contributed by atoms with Crippen LogP contribution in [0, 0.1) is 5.41 Å². The summed E-state index contributed by atoms with van der Waals surface area (Å²) < 4.78 is 4.59. The maximum Gasteiger partial charge on any atom is 0.407 e. The average molecular weight is 535 g/mol. The number of amides is 3. The smallest absolute Gasteiger partial charge is 0.407 e. The maximum atomic E-state index is 13.4. The number of amidine groups is 1. The van der Waals surface area contributed by atoms with E-state index in [4.69, 9.17) is 11.1 Å². The number of primary amides is 1. The molecule has 3 amide bonds. The van der Waals surface area contributed by atoms with Crippen molar-refractivity contribution in [1.82, 2.24) is 10.2 Å². The van der Waals surface area contributed by atoms with Crippen molar-refractivity contribution in [2.45, 2.75) is 31.3 Å². The Morgan fingerprint density at radius 3 is 2.55 bits per heavy atom. The second-order valence-corrected chi connectivity index (χ2v) is 10.4. The molecule has 1 aliphatic heterocycles. The van der Waals surface area contributed by atoms with Crippen molar-refractivity contribution in [3.8, 4) is 0 Å². The van der Waals surface area contributed by atoms with Gasteiger partial charge in [0.2, 0.25) is 5.91 Å². The van der Waals surface area contributed by atoms with E-state index in [1.165, 1.54) is 24.0 Å². The number of nitrogens with two attached hydrogens (primary N) is 2. The predicted octanol–water partition coefficient (Wildman–Crippen LogP) is 1.95. The zero-order chi connectivity index (χ0) is 27.1. The number of nitrogen functional groups attached to an aromatic ring is 1. The van der Waals surface area contributed by atoms with Crippen LogP contribution in [0.5, 0.6) is 0 Å². The van der Waals surface area contributed by atoms with Crippen molar-refractivity contribution in [3.05, 3.63) is 93.2 Å². The summed E-state index contributed by atoms with van der Waals surface area (Å²) in [4.78, 5) is 41.2. The molecular weight excluding hydrogens is 502 g/mol. The van der Waals surface area contributed by atoms with Gasteiger partial charge in [-0.2, -0.15) is 0 Å². The van der Waals surface area contributed by atoms with E-state index < -0.39 is 12.1 Å². The van der Waals surface area contributed by atoms with Gasteiger partial charge in [-0.3, -0.25) is 15.5 Å². The molecule has 1 unspecified atom stereocenters. The largest absolute Gasteiger partial charge is 0.453 e. The van der Waals surface area contributed by atoms with E-state index in [1.807, 2.05) is 36.4 Å². The molecular formula is C28H32N5O4S+. The summed E-state index contributed by atoms with van der Waals surface area (Å²) in [5.74, 6) is -0.502. The van der Waals surface area contributed by atoms with Gasteiger partial charge in [-0.05, 0) is 41.7 Å². The number of likely N-dealkylation sites (tertiary alicyclic amines) is 1. The standard InChI is InChI=1S/C28H31N5O4S/c1-37-28(36)32-16-25(34)33-17-20(22-10-6-5-9-19(22)13-18-7-3-2-4-8-18)14-23(33)27(35)31-15-21-11-12-24(38-21)26(29)30/h2-12,20,23H,13-17H2,1H3,(H3,29,30)(H,31,35)(H,32,36)/p+1/t20?,23-/m0/s1. The number of alkyl carbamates (subject to hydrolysis) is 1. The molecule has 1 fully saturated rings. The maximum absolute atomic E-state index is 13.4. The summed E-state index contributed by atoms with van der Waals surface area (Å²) in [6.07, 6.45) is 0.553. The summed E-state index contributed by atoms with van der Waals surface area (Å²) in [6, 6.07) is 21.3. The molecule has 4 rings (SSSR count). The Bertz CT molecular complexity index is 1310. The fourth-order valence-electron chi connectivity index (χ4n) is 4.81. The molecule has 0 radical (unpaired) electrons. The van der Waals surface area contributed by atoms with E-state index in [0.717, 1.165) is 22.4 Å². The van der Waals surface area contributed by atoms with Gasteiger partial charge in [-0.1, -0.05) is 54.6 Å². The summed E-state index contributed by atoms with van der Waals surface area (Å²) in [6.45, 7) is 0.526. The minimum atomic E-state index is -0.698. The van der Waals surface area contributed by atoms with Crippen LogP contribution in [0.1, 0.15) is 38.8 Å². The number of nitrogens with zero attached hydrogens (tertiary/aromatic N) is 1. The molecule has 0 saturated carbocycles. The first-order chi connectivity index (χ1) is 18.4. The van der Waals surface area contributed by atoms with Crippen LogP contribution in [0.3, 0.4) is 0 Å². The van der Waals surface area contributed by atoms with Gasteiger partial charge in [0.05, 0.1) is 16.9 Å². The Hall–Kier alpha value is -4.02. The van der Waals surface area contributed by atoms with Crippen LogP contribution in [-0.2, 0) is 27.3 Å². The Morgan fingerprint density at radius 1 is 1.11 bits per heavy atom. The first-order valence-corrected chi connectivity index (χ1v) is 13.2. The van der Waals surface area contributed by atoms with E-state index in [-0.39, 0.29) is 30.1 Å². The van der Waals surface area contributed by atoms with Crippen LogP contribution in [0.2, 0.25) is 0 Å². The summed E-state index contributed by atoms with van der Waals surface area (Å²) in [7, 11) is 1.23. The lowest BCUT2D eigenvalue weighted by Crippen LogP contribution is -2.89. The van der Waals surface area contributed by atoms with E-state index in [9.17, 15) is 14.4 Å². The Kier molecular flexibility index (Phi) is 8.88. The lowest BCUT2D eigenvalue weighted by Gasteiger charge is -2.22. The highest BCUT2D eigenvalue weighted by atomic mass is 32.1. The minimum absolute atomic E-state index is 0.00439. The Balaban J connectivity index is 1.52. The van der Waals surface area contributed by atoms with E-state index >= 15 is 0 Å². The van der Waals surface area contributed by atoms with Crippen molar-refractivity contribution >= 4 is 35.1 Å². The van der Waals surface area contributed by atoms with Gasteiger partial charge >= 0.3 is 12.0 Å². The average Bonchev–Trinajstić information content (AvgIpc) is 3.59. The van der Waals surface area contributed by atoms with Gasteiger partial charge in [-0.15, -0.1) is 11.3 Å². The molecule has 2 aromatic carbocycles. The van der Waals surface area contributed by atoms with Crippen LogP contribution in [-0.4, -0.2) is 54.9 Å². The topological polar surface area (TPSA) is 142 Å². The van der Waals surface area contributed by atoms with Crippen molar-refractivity contribution in [1.29, 1.82) is 5.41 Å².